The number of fused-ring (bicyclic) bond motifs is 5. The van der Waals surface area contributed by atoms with Crippen LogP contribution in [0.4, 0.5) is 0 Å². The Labute approximate surface area is 229 Å². The number of nitrogens with zero attached hydrogens (tertiary/aromatic N) is 1. The van der Waals surface area contributed by atoms with Crippen molar-refractivity contribution in [3.05, 3.63) is 11.6 Å². The molecule has 0 heterocycles. The van der Waals surface area contributed by atoms with Gasteiger partial charge in [-0.2, -0.15) is 5.26 Å². The number of nitriles is 1. The standard InChI is InChI=1S/C32H46ClNO3/c1-27(2)11-9-21-22(35)17-24-30(6)18-20(19-34)25(36)28(3,4)23(30)10-12-32(24,8)31(21,7)16-15-29(5,14-13-27)26(33)37/h18,21,23-24H,9-17H2,1-8H3/t21?,23-,24+,29-,30-,31+,32+/m0/s1. The summed E-state index contributed by atoms with van der Waals surface area (Å²) in [5, 5.41) is 9.62. The maximum atomic E-state index is 14.1. The van der Waals surface area contributed by atoms with Crippen molar-refractivity contribution in [2.45, 2.75) is 113 Å². The van der Waals surface area contributed by atoms with Gasteiger partial charge >= 0.3 is 0 Å². The van der Waals surface area contributed by atoms with Gasteiger partial charge in [0.15, 0.2) is 5.78 Å². The number of halogens is 1. The Balaban J connectivity index is 1.86. The molecule has 0 amide bonds. The van der Waals surface area contributed by atoms with Crippen LogP contribution in [0, 0.1) is 61.6 Å². The fraction of sp³-hybridized carbons (Fsp3) is 0.812. The highest BCUT2D eigenvalue weighted by molar-refractivity contribution is 6.64. The fourth-order valence-corrected chi connectivity index (χ4v) is 9.65. The molecule has 3 fully saturated rings. The third-order valence-electron chi connectivity index (χ3n) is 12.5. The van der Waals surface area contributed by atoms with Crippen molar-refractivity contribution in [1.29, 1.82) is 5.26 Å². The molecule has 0 radical (unpaired) electrons. The van der Waals surface area contributed by atoms with Gasteiger partial charge in [-0.25, -0.2) is 0 Å². The van der Waals surface area contributed by atoms with Gasteiger partial charge in [0.1, 0.15) is 11.9 Å². The van der Waals surface area contributed by atoms with Gasteiger partial charge in [-0.15, -0.1) is 0 Å². The molecule has 0 aromatic heterocycles. The maximum Gasteiger partial charge on any atom is 0.227 e. The zero-order valence-electron chi connectivity index (χ0n) is 24.2. The number of Topliss-reactive ketones (excluding diaryl/α,β-unsaturated/α-hetero) is 2. The van der Waals surface area contributed by atoms with Crippen molar-refractivity contribution in [2.75, 3.05) is 0 Å². The molecule has 37 heavy (non-hydrogen) atoms. The Morgan fingerprint density at radius 2 is 1.49 bits per heavy atom. The lowest BCUT2D eigenvalue weighted by Gasteiger charge is -2.68. The van der Waals surface area contributed by atoms with E-state index in [9.17, 15) is 19.6 Å². The second-order valence-corrected chi connectivity index (χ2v) is 15.7. The lowest BCUT2D eigenvalue weighted by atomic mass is 9.35. The molecule has 3 saturated carbocycles. The van der Waals surface area contributed by atoms with Crippen LogP contribution in [0.1, 0.15) is 113 Å². The fourth-order valence-electron chi connectivity index (χ4n) is 9.46. The number of ketones is 2. The molecule has 1 unspecified atom stereocenters. The Morgan fingerprint density at radius 1 is 0.865 bits per heavy atom. The summed E-state index contributed by atoms with van der Waals surface area (Å²) in [7, 11) is 0. The van der Waals surface area contributed by atoms with Crippen LogP contribution in [0.15, 0.2) is 11.6 Å². The van der Waals surface area contributed by atoms with Crippen molar-refractivity contribution in [1.82, 2.24) is 0 Å². The molecule has 4 aliphatic carbocycles. The summed E-state index contributed by atoms with van der Waals surface area (Å²) in [4.78, 5) is 40.1. The summed E-state index contributed by atoms with van der Waals surface area (Å²) >= 11 is 6.25. The predicted molar refractivity (Wildman–Crippen MR) is 147 cm³/mol. The lowest BCUT2D eigenvalue weighted by Crippen LogP contribution is -2.65. The molecule has 4 rings (SSSR count). The number of carbonyl (C=O) groups is 3. The second-order valence-electron chi connectivity index (χ2n) is 15.3. The first-order chi connectivity index (χ1) is 16.9. The summed E-state index contributed by atoms with van der Waals surface area (Å²) in [6.07, 6.45) is 9.25. The number of carbonyl (C=O) groups excluding carboxylic acids is 3. The van der Waals surface area contributed by atoms with E-state index in [2.05, 4.69) is 40.7 Å². The zero-order chi connectivity index (χ0) is 27.8. The summed E-state index contributed by atoms with van der Waals surface area (Å²) in [6.45, 7) is 17.4. The Morgan fingerprint density at radius 3 is 2.08 bits per heavy atom. The maximum absolute atomic E-state index is 14.1. The summed E-state index contributed by atoms with van der Waals surface area (Å²) in [5.74, 6) is 0.327. The monoisotopic (exact) mass is 527 g/mol. The average Bonchev–Trinajstić information content (AvgIpc) is 2.80. The van der Waals surface area contributed by atoms with Crippen LogP contribution in [0.25, 0.3) is 0 Å². The lowest BCUT2D eigenvalue weighted by molar-refractivity contribution is -0.191. The van der Waals surface area contributed by atoms with Gasteiger partial charge in [0.05, 0.1) is 5.57 Å². The largest absolute Gasteiger partial charge is 0.299 e. The van der Waals surface area contributed by atoms with Crippen LogP contribution < -0.4 is 0 Å². The van der Waals surface area contributed by atoms with Gasteiger partial charge in [-0.05, 0) is 96.5 Å². The summed E-state index contributed by atoms with van der Waals surface area (Å²) in [6, 6.07) is 2.19. The SMILES string of the molecule is CC1(C)CCC2C(=O)C[C@@H]3[C@@]4(C)C=C(C#N)C(=O)C(C)(C)[C@@H]4CC[C@@]3(C)[C@]2(C)CC[C@@](C)(C(=O)Cl)CC1. The number of rotatable bonds is 1. The number of hydrogen-bond acceptors (Lipinski definition) is 4. The van der Waals surface area contributed by atoms with Crippen LogP contribution in [0.2, 0.25) is 0 Å². The molecule has 0 spiro atoms. The van der Waals surface area contributed by atoms with Gasteiger partial charge < -0.3 is 0 Å². The molecule has 5 heteroatoms. The van der Waals surface area contributed by atoms with E-state index in [0.29, 0.717) is 18.6 Å². The van der Waals surface area contributed by atoms with Gasteiger partial charge in [-0.1, -0.05) is 61.5 Å². The minimum atomic E-state index is -0.638. The molecule has 4 nitrogen and oxygen atoms in total. The first kappa shape index (κ1) is 28.5. The Kier molecular flexibility index (Phi) is 6.76. The molecule has 204 valence electrons. The highest BCUT2D eigenvalue weighted by atomic mass is 35.5. The molecule has 0 aliphatic heterocycles. The van der Waals surface area contributed by atoms with E-state index in [-0.39, 0.29) is 50.6 Å². The average molecular weight is 528 g/mol. The van der Waals surface area contributed by atoms with Crippen LogP contribution in [-0.2, 0) is 14.4 Å². The number of hydrogen-bond donors (Lipinski definition) is 0. The summed E-state index contributed by atoms with van der Waals surface area (Å²) < 4.78 is 0. The Hall–Kier alpha value is -1.47. The second kappa shape index (κ2) is 8.77. The predicted octanol–water partition coefficient (Wildman–Crippen LogP) is 7.83. The van der Waals surface area contributed by atoms with Gasteiger partial charge in [-0.3, -0.25) is 14.4 Å². The van der Waals surface area contributed by atoms with E-state index in [4.69, 9.17) is 11.6 Å². The normalized spacial score (nSPS) is 45.4. The van der Waals surface area contributed by atoms with E-state index >= 15 is 0 Å². The van der Waals surface area contributed by atoms with E-state index in [1.807, 2.05) is 26.8 Å². The van der Waals surface area contributed by atoms with E-state index < -0.39 is 16.2 Å². The van der Waals surface area contributed by atoms with Crippen LogP contribution in [-0.4, -0.2) is 16.8 Å². The quantitative estimate of drug-likeness (QED) is 0.325. The smallest absolute Gasteiger partial charge is 0.227 e. The third kappa shape index (κ3) is 4.09. The first-order valence-electron chi connectivity index (χ1n) is 14.3. The molecule has 0 aromatic rings. The minimum absolute atomic E-state index is 0.0334. The van der Waals surface area contributed by atoms with Crippen molar-refractivity contribution in [2.24, 2.45) is 50.2 Å². The van der Waals surface area contributed by atoms with E-state index in [1.54, 1.807) is 0 Å². The van der Waals surface area contributed by atoms with E-state index in [0.717, 1.165) is 44.9 Å². The molecule has 0 N–H and O–H groups in total. The topological polar surface area (TPSA) is 75.0 Å². The third-order valence-corrected chi connectivity index (χ3v) is 13.0. The molecule has 0 aromatic carbocycles. The van der Waals surface area contributed by atoms with Gasteiger partial charge in [0.25, 0.3) is 0 Å². The van der Waals surface area contributed by atoms with Crippen LogP contribution in [0.5, 0.6) is 0 Å². The molecule has 0 bridgehead atoms. The minimum Gasteiger partial charge on any atom is -0.299 e. The molecular weight excluding hydrogens is 482 g/mol. The van der Waals surface area contributed by atoms with Crippen molar-refractivity contribution in [3.63, 3.8) is 0 Å². The zero-order valence-corrected chi connectivity index (χ0v) is 25.0. The summed E-state index contributed by atoms with van der Waals surface area (Å²) in [5.41, 5.74) is -1.84. The first-order valence-corrected chi connectivity index (χ1v) is 14.7. The Bertz CT molecular complexity index is 1100. The number of allylic oxidation sites excluding steroid dienone is 2. The van der Waals surface area contributed by atoms with Crippen molar-refractivity contribution < 1.29 is 14.4 Å². The molecular formula is C32H46ClNO3. The van der Waals surface area contributed by atoms with Crippen LogP contribution >= 0.6 is 11.6 Å². The van der Waals surface area contributed by atoms with Gasteiger partial charge in [0.2, 0.25) is 5.24 Å². The molecule has 4 aliphatic rings. The highest BCUT2D eigenvalue weighted by Crippen LogP contribution is 2.72. The molecule has 7 atom stereocenters. The van der Waals surface area contributed by atoms with Gasteiger partial charge in [0, 0.05) is 23.2 Å². The highest BCUT2D eigenvalue weighted by Gasteiger charge is 2.68. The molecule has 0 saturated heterocycles. The van der Waals surface area contributed by atoms with Crippen molar-refractivity contribution >= 4 is 28.4 Å². The van der Waals surface area contributed by atoms with Crippen LogP contribution in [0.3, 0.4) is 0 Å². The van der Waals surface area contributed by atoms with Crippen molar-refractivity contribution in [3.8, 4) is 6.07 Å². The van der Waals surface area contributed by atoms with E-state index in [1.165, 1.54) is 0 Å².